The minimum atomic E-state index is -0.0194. The van der Waals surface area contributed by atoms with Crippen molar-refractivity contribution < 1.29 is 0 Å². The van der Waals surface area contributed by atoms with Crippen LogP contribution in [-0.2, 0) is 19.3 Å². The zero-order valence-corrected chi connectivity index (χ0v) is 18.8. The fraction of sp³-hybridized carbons (Fsp3) is 0.556. The molecule has 1 N–H and O–H groups in total. The molecular weight excluding hydrogens is 542 g/mol. The molecule has 25 heavy (non-hydrogen) atoms. The minimum absolute atomic E-state index is 0.0194. The molecule has 2 heterocycles. The maximum atomic E-state index is 12.0. The number of aromatic nitrogens is 4. The third-order valence-electron chi connectivity index (χ3n) is 4.58. The van der Waals surface area contributed by atoms with Crippen LogP contribution in [0.25, 0.3) is 0 Å². The van der Waals surface area contributed by atoms with Crippen LogP contribution in [-0.4, -0.2) is 19.9 Å². The summed E-state index contributed by atoms with van der Waals surface area (Å²) < 4.78 is 1.95. The van der Waals surface area contributed by atoms with Gasteiger partial charge in [0.2, 0.25) is 0 Å². The molecule has 0 aromatic carbocycles. The zero-order valence-electron chi connectivity index (χ0n) is 14.5. The number of hydrogen-bond acceptors (Lipinski definition) is 4. The lowest BCUT2D eigenvalue weighted by atomic mass is 9.99. The number of nitrogens with zero attached hydrogens (tertiary/aromatic N) is 3. The van der Waals surface area contributed by atoms with Gasteiger partial charge in [0, 0.05) is 12.3 Å². The SMILES string of the molecule is CCc1nc(C[C@H](C)CCc2ncnc(C3CC3)c2I)[nH]c(=O)c1I. The average Bonchev–Trinajstić information content (AvgIpc) is 3.42. The topological polar surface area (TPSA) is 71.5 Å². The monoisotopic (exact) mass is 564 g/mol. The summed E-state index contributed by atoms with van der Waals surface area (Å²) in [6, 6.07) is 0. The number of nitrogens with one attached hydrogen (secondary N) is 1. The van der Waals surface area contributed by atoms with E-state index in [4.69, 9.17) is 0 Å². The molecule has 3 rings (SSSR count). The molecule has 0 amide bonds. The quantitative estimate of drug-likeness (QED) is 0.517. The van der Waals surface area contributed by atoms with Crippen LogP contribution in [0, 0.1) is 13.1 Å². The summed E-state index contributed by atoms with van der Waals surface area (Å²) >= 11 is 4.47. The molecule has 0 saturated heterocycles. The molecule has 0 aliphatic heterocycles. The Balaban J connectivity index is 1.64. The molecule has 7 heteroatoms. The molecule has 0 bridgehead atoms. The summed E-state index contributed by atoms with van der Waals surface area (Å²) in [4.78, 5) is 28.5. The molecule has 0 spiro atoms. The van der Waals surface area contributed by atoms with Crippen LogP contribution < -0.4 is 5.56 Å². The van der Waals surface area contributed by atoms with Gasteiger partial charge in [-0.25, -0.2) is 15.0 Å². The fourth-order valence-electron chi connectivity index (χ4n) is 2.94. The maximum absolute atomic E-state index is 12.0. The molecule has 1 saturated carbocycles. The second kappa shape index (κ2) is 8.41. The van der Waals surface area contributed by atoms with Gasteiger partial charge in [-0.15, -0.1) is 0 Å². The van der Waals surface area contributed by atoms with Crippen molar-refractivity contribution in [3.8, 4) is 0 Å². The van der Waals surface area contributed by atoms with E-state index in [1.54, 1.807) is 6.33 Å². The van der Waals surface area contributed by atoms with Gasteiger partial charge in [0.15, 0.2) is 0 Å². The third kappa shape index (κ3) is 4.78. The van der Waals surface area contributed by atoms with Gasteiger partial charge in [-0.2, -0.15) is 0 Å². The van der Waals surface area contributed by atoms with E-state index in [1.165, 1.54) is 22.1 Å². The molecule has 5 nitrogen and oxygen atoms in total. The van der Waals surface area contributed by atoms with E-state index in [0.717, 1.165) is 42.9 Å². The molecule has 0 radical (unpaired) electrons. The summed E-state index contributed by atoms with van der Waals surface area (Å²) in [6.07, 6.45) is 7.76. The highest BCUT2D eigenvalue weighted by Gasteiger charge is 2.28. The highest BCUT2D eigenvalue weighted by Crippen LogP contribution is 2.41. The first kappa shape index (κ1) is 19.2. The molecule has 134 valence electrons. The third-order valence-corrected chi connectivity index (χ3v) is 6.87. The van der Waals surface area contributed by atoms with E-state index in [0.29, 0.717) is 15.4 Å². The number of hydrogen-bond donors (Lipinski definition) is 1. The highest BCUT2D eigenvalue weighted by molar-refractivity contribution is 14.1. The lowest BCUT2D eigenvalue weighted by molar-refractivity contribution is 0.510. The van der Waals surface area contributed by atoms with E-state index < -0.39 is 0 Å². The van der Waals surface area contributed by atoms with E-state index in [-0.39, 0.29) is 5.56 Å². The first-order chi connectivity index (χ1) is 12.0. The normalized spacial score (nSPS) is 15.4. The van der Waals surface area contributed by atoms with Crippen LogP contribution in [0.5, 0.6) is 0 Å². The predicted octanol–water partition coefficient (Wildman–Crippen LogP) is 4.02. The Kier molecular flexibility index (Phi) is 6.45. The molecular formula is C18H22I2N4O. The maximum Gasteiger partial charge on any atom is 0.264 e. The van der Waals surface area contributed by atoms with Gasteiger partial charge in [-0.05, 0) is 83.2 Å². The Labute approximate surface area is 175 Å². The van der Waals surface area contributed by atoms with E-state index in [2.05, 4.69) is 72.0 Å². The lowest BCUT2D eigenvalue weighted by Gasteiger charge is -2.13. The summed E-state index contributed by atoms with van der Waals surface area (Å²) in [6.45, 7) is 4.24. The van der Waals surface area contributed by atoms with Gasteiger partial charge in [-0.1, -0.05) is 13.8 Å². The Morgan fingerprint density at radius 1 is 1.24 bits per heavy atom. The molecule has 2 aromatic heterocycles. The summed E-state index contributed by atoms with van der Waals surface area (Å²) in [5.74, 6) is 1.88. The van der Waals surface area contributed by atoms with Crippen LogP contribution in [0.3, 0.4) is 0 Å². The van der Waals surface area contributed by atoms with Crippen molar-refractivity contribution in [2.75, 3.05) is 0 Å². The Hall–Kier alpha value is -0.580. The van der Waals surface area contributed by atoms with Crippen LogP contribution in [0.15, 0.2) is 11.1 Å². The minimum Gasteiger partial charge on any atom is -0.310 e. The summed E-state index contributed by atoms with van der Waals surface area (Å²) in [5.41, 5.74) is 3.26. The van der Waals surface area contributed by atoms with Gasteiger partial charge in [0.25, 0.3) is 5.56 Å². The standard InChI is InChI=1S/C18H22I2N4O/c1-3-12-16(20)18(25)24-14(23-12)8-10(2)4-7-13-15(19)17(11-5-6-11)22-9-21-13/h9-11H,3-8H2,1-2H3,(H,23,24,25)/t10-/m1/s1. The Morgan fingerprint density at radius 3 is 2.68 bits per heavy atom. The van der Waals surface area contributed by atoms with Crippen LogP contribution in [0.2, 0.25) is 0 Å². The lowest BCUT2D eigenvalue weighted by Crippen LogP contribution is -2.19. The second-order valence-corrected chi connectivity index (χ2v) is 8.93. The van der Waals surface area contributed by atoms with Gasteiger partial charge >= 0.3 is 0 Å². The van der Waals surface area contributed by atoms with Gasteiger partial charge in [0.05, 0.1) is 24.2 Å². The van der Waals surface area contributed by atoms with Crippen LogP contribution in [0.1, 0.15) is 61.9 Å². The van der Waals surface area contributed by atoms with Crippen LogP contribution in [0.4, 0.5) is 0 Å². The number of rotatable bonds is 7. The van der Waals surface area contributed by atoms with Crippen molar-refractivity contribution in [2.45, 2.75) is 58.3 Å². The summed E-state index contributed by atoms with van der Waals surface area (Å²) in [7, 11) is 0. The van der Waals surface area contributed by atoms with Crippen molar-refractivity contribution in [1.29, 1.82) is 0 Å². The van der Waals surface area contributed by atoms with E-state index in [1.807, 2.05) is 6.92 Å². The van der Waals surface area contributed by atoms with Crippen molar-refractivity contribution >= 4 is 45.2 Å². The first-order valence-corrected chi connectivity index (χ1v) is 10.9. The largest absolute Gasteiger partial charge is 0.310 e. The van der Waals surface area contributed by atoms with Crippen molar-refractivity contribution in [1.82, 2.24) is 19.9 Å². The first-order valence-electron chi connectivity index (χ1n) is 8.76. The fourth-order valence-corrected chi connectivity index (χ4v) is 4.57. The van der Waals surface area contributed by atoms with E-state index in [9.17, 15) is 4.79 Å². The number of aryl methyl sites for hydroxylation is 2. The van der Waals surface area contributed by atoms with Gasteiger partial charge in [-0.3, -0.25) is 4.79 Å². The number of halogens is 2. The molecule has 1 atom stereocenters. The predicted molar refractivity (Wildman–Crippen MR) is 115 cm³/mol. The Bertz CT molecular complexity index is 817. The van der Waals surface area contributed by atoms with E-state index >= 15 is 0 Å². The Morgan fingerprint density at radius 2 is 2.00 bits per heavy atom. The molecule has 0 unspecified atom stereocenters. The smallest absolute Gasteiger partial charge is 0.264 e. The van der Waals surface area contributed by atoms with Gasteiger partial charge in [0.1, 0.15) is 12.2 Å². The average molecular weight is 564 g/mol. The second-order valence-electron chi connectivity index (χ2n) is 6.77. The highest BCUT2D eigenvalue weighted by atomic mass is 127. The number of H-pyrrole nitrogens is 1. The zero-order chi connectivity index (χ0) is 18.0. The van der Waals surface area contributed by atoms with Crippen molar-refractivity contribution in [3.05, 3.63) is 46.7 Å². The van der Waals surface area contributed by atoms with Gasteiger partial charge < -0.3 is 4.98 Å². The molecule has 1 fully saturated rings. The number of aromatic amines is 1. The molecule has 1 aliphatic carbocycles. The molecule has 2 aromatic rings. The van der Waals surface area contributed by atoms with Crippen molar-refractivity contribution in [3.63, 3.8) is 0 Å². The van der Waals surface area contributed by atoms with Crippen molar-refractivity contribution in [2.24, 2.45) is 5.92 Å². The van der Waals surface area contributed by atoms with Crippen LogP contribution >= 0.6 is 45.2 Å². The molecule has 1 aliphatic rings. The summed E-state index contributed by atoms with van der Waals surface area (Å²) in [5, 5.41) is 0.